The van der Waals surface area contributed by atoms with Gasteiger partial charge in [-0.1, -0.05) is 156 Å². The van der Waals surface area contributed by atoms with Crippen LogP contribution in [0.5, 0.6) is 0 Å². The lowest BCUT2D eigenvalue weighted by Crippen LogP contribution is -2.39. The number of carbonyl (C=O) groups is 2. The first-order chi connectivity index (χ1) is 29.2. The summed E-state index contributed by atoms with van der Waals surface area (Å²) in [5.74, 6) is 0.947. The number of unbranched alkanes of at least 4 members (excludes halogenated alkanes) is 18. The van der Waals surface area contributed by atoms with E-state index in [1.165, 1.54) is 103 Å². The van der Waals surface area contributed by atoms with Crippen LogP contribution in [-0.4, -0.2) is 81.7 Å². The SMILES string of the molecule is CCCCCCCCC(CCCCCC)C(=O)OCCCC[C@@H](O)CN(CCCn1ccnc1C)C[C@@H](O)CCCCOC(=O)C(CCCCCC)CCCCCCCC. The van der Waals surface area contributed by atoms with Crippen molar-refractivity contribution < 1.29 is 29.3 Å². The van der Waals surface area contributed by atoms with Gasteiger partial charge in [0.2, 0.25) is 0 Å². The third-order valence-electron chi connectivity index (χ3n) is 12.4. The summed E-state index contributed by atoms with van der Waals surface area (Å²) in [5.41, 5.74) is 0. The molecule has 0 radical (unpaired) electrons. The Hall–Kier alpha value is -1.97. The van der Waals surface area contributed by atoms with E-state index in [4.69, 9.17) is 9.47 Å². The normalized spacial score (nSPS) is 13.7. The Kier molecular flexibility index (Phi) is 37.2. The number of hydrogen-bond donors (Lipinski definition) is 2. The van der Waals surface area contributed by atoms with E-state index in [2.05, 4.69) is 42.1 Å². The lowest BCUT2D eigenvalue weighted by molar-refractivity contribution is -0.150. The largest absolute Gasteiger partial charge is 0.465 e. The molecule has 1 rings (SSSR count). The van der Waals surface area contributed by atoms with Crippen LogP contribution in [0.4, 0.5) is 0 Å². The van der Waals surface area contributed by atoms with Crippen LogP contribution in [0.3, 0.4) is 0 Å². The molecule has 0 aromatic carbocycles. The molecule has 1 aromatic heterocycles. The number of aromatic nitrogens is 2. The molecule has 9 heteroatoms. The second-order valence-corrected chi connectivity index (χ2v) is 18.1. The molecule has 0 amide bonds. The molecule has 0 saturated carbocycles. The van der Waals surface area contributed by atoms with Gasteiger partial charge in [-0.15, -0.1) is 0 Å². The van der Waals surface area contributed by atoms with Gasteiger partial charge in [0.25, 0.3) is 0 Å². The number of aliphatic hydroxyl groups is 2. The predicted octanol–water partition coefficient (Wildman–Crippen LogP) is 12.7. The maximum absolute atomic E-state index is 13.1. The lowest BCUT2D eigenvalue weighted by atomic mass is 9.94. The second kappa shape index (κ2) is 39.8. The van der Waals surface area contributed by atoms with Crippen molar-refractivity contribution in [3.05, 3.63) is 18.2 Å². The van der Waals surface area contributed by atoms with E-state index < -0.39 is 12.2 Å². The lowest BCUT2D eigenvalue weighted by Gasteiger charge is -2.27. The van der Waals surface area contributed by atoms with Crippen molar-refractivity contribution in [2.75, 3.05) is 32.8 Å². The Morgan fingerprint density at radius 3 is 1.30 bits per heavy atom. The van der Waals surface area contributed by atoms with Crippen molar-refractivity contribution in [1.82, 2.24) is 14.5 Å². The molecule has 0 bridgehead atoms. The van der Waals surface area contributed by atoms with Gasteiger partial charge in [0, 0.05) is 38.6 Å². The van der Waals surface area contributed by atoms with Crippen LogP contribution in [-0.2, 0) is 25.6 Å². The summed E-state index contributed by atoms with van der Waals surface area (Å²) < 4.78 is 13.7. The predicted molar refractivity (Wildman–Crippen MR) is 250 cm³/mol. The number of nitrogens with zero attached hydrogens (tertiary/aromatic N) is 3. The Balaban J connectivity index is 2.55. The molecule has 0 saturated heterocycles. The molecular formula is C51H97N3O6. The van der Waals surface area contributed by atoms with Gasteiger partial charge in [0.15, 0.2) is 0 Å². The maximum atomic E-state index is 13.1. The van der Waals surface area contributed by atoms with E-state index in [1.807, 2.05) is 19.3 Å². The van der Waals surface area contributed by atoms with Gasteiger partial charge in [0.05, 0.1) is 37.3 Å². The van der Waals surface area contributed by atoms with Crippen LogP contribution in [0.2, 0.25) is 0 Å². The third kappa shape index (κ3) is 31.0. The number of imidazole rings is 1. The summed E-state index contributed by atoms with van der Waals surface area (Å²) >= 11 is 0. The highest BCUT2D eigenvalue weighted by Gasteiger charge is 2.21. The number of esters is 2. The Morgan fingerprint density at radius 2 is 0.917 bits per heavy atom. The zero-order valence-corrected chi connectivity index (χ0v) is 40.0. The van der Waals surface area contributed by atoms with Gasteiger partial charge in [-0.05, 0) is 77.6 Å². The molecule has 2 N–H and O–H groups in total. The zero-order chi connectivity index (χ0) is 43.9. The first kappa shape index (κ1) is 56.0. The van der Waals surface area contributed by atoms with Crippen LogP contribution >= 0.6 is 0 Å². The van der Waals surface area contributed by atoms with Crippen LogP contribution in [0, 0.1) is 18.8 Å². The maximum Gasteiger partial charge on any atom is 0.308 e. The molecule has 4 atom stereocenters. The van der Waals surface area contributed by atoms with E-state index in [0.717, 1.165) is 102 Å². The minimum Gasteiger partial charge on any atom is -0.465 e. The number of aryl methyl sites for hydroxylation is 2. The minimum absolute atomic E-state index is 0.0110. The number of hydrogen-bond acceptors (Lipinski definition) is 8. The van der Waals surface area contributed by atoms with E-state index in [1.54, 1.807) is 0 Å². The smallest absolute Gasteiger partial charge is 0.308 e. The van der Waals surface area contributed by atoms with Gasteiger partial charge in [0.1, 0.15) is 5.82 Å². The zero-order valence-electron chi connectivity index (χ0n) is 40.0. The summed E-state index contributed by atoms with van der Waals surface area (Å²) in [7, 11) is 0. The molecular weight excluding hydrogens is 751 g/mol. The Morgan fingerprint density at radius 1 is 0.550 bits per heavy atom. The molecule has 0 spiro atoms. The number of ether oxygens (including phenoxy) is 2. The topological polar surface area (TPSA) is 114 Å². The number of aliphatic hydroxyl groups excluding tert-OH is 2. The fourth-order valence-corrected chi connectivity index (χ4v) is 8.42. The fraction of sp³-hybridized carbons (Fsp3) is 0.902. The average molecular weight is 848 g/mol. The third-order valence-corrected chi connectivity index (χ3v) is 12.4. The van der Waals surface area contributed by atoms with Gasteiger partial charge < -0.3 is 24.3 Å². The summed E-state index contributed by atoms with van der Waals surface area (Å²) in [5, 5.41) is 22.2. The molecule has 1 heterocycles. The molecule has 0 aliphatic rings. The molecule has 1 aromatic rings. The summed E-state index contributed by atoms with van der Waals surface area (Å²) in [6.45, 7) is 14.3. The molecule has 0 aliphatic heterocycles. The van der Waals surface area contributed by atoms with E-state index in [-0.39, 0.29) is 23.8 Å². The Labute approximate surface area is 369 Å². The molecule has 9 nitrogen and oxygen atoms in total. The standard InChI is InChI=1S/C51H97N3O6/c1-6-10-14-18-20-24-33-46(31-22-16-12-8-3)50(57)59-41-28-26-35-48(55)43-53(38-30-39-54-40-37-52-45(54)5)44-49(56)36-27-29-42-60-51(58)47(32-23-17-13-9-4)34-25-21-19-15-11-7-2/h37,40,46-49,55-56H,6-36,38-39,41-44H2,1-5H3/t46?,47?,48-,49+. The first-order valence-electron chi connectivity index (χ1n) is 25.6. The summed E-state index contributed by atoms with van der Waals surface area (Å²) in [6.07, 6.45) is 35.9. The number of rotatable bonds is 44. The van der Waals surface area contributed by atoms with Gasteiger partial charge >= 0.3 is 11.9 Å². The average Bonchev–Trinajstić information content (AvgIpc) is 3.65. The molecule has 0 aliphatic carbocycles. The van der Waals surface area contributed by atoms with Gasteiger partial charge in [-0.25, -0.2) is 4.98 Å². The van der Waals surface area contributed by atoms with Crippen molar-refractivity contribution in [2.45, 2.75) is 252 Å². The second-order valence-electron chi connectivity index (χ2n) is 18.1. The summed E-state index contributed by atoms with van der Waals surface area (Å²) in [6, 6.07) is 0. The summed E-state index contributed by atoms with van der Waals surface area (Å²) in [4.78, 5) is 32.7. The fourth-order valence-electron chi connectivity index (χ4n) is 8.42. The van der Waals surface area contributed by atoms with Crippen molar-refractivity contribution >= 4 is 11.9 Å². The quantitative estimate of drug-likeness (QED) is 0.0493. The van der Waals surface area contributed by atoms with E-state index in [0.29, 0.717) is 39.1 Å². The van der Waals surface area contributed by atoms with Gasteiger partial charge in [-0.2, -0.15) is 0 Å². The van der Waals surface area contributed by atoms with Crippen LogP contribution in [0.25, 0.3) is 0 Å². The van der Waals surface area contributed by atoms with Crippen molar-refractivity contribution in [3.63, 3.8) is 0 Å². The van der Waals surface area contributed by atoms with Crippen molar-refractivity contribution in [1.29, 1.82) is 0 Å². The van der Waals surface area contributed by atoms with E-state index >= 15 is 0 Å². The highest BCUT2D eigenvalue weighted by atomic mass is 16.5. The van der Waals surface area contributed by atoms with Gasteiger partial charge in [-0.3, -0.25) is 14.5 Å². The van der Waals surface area contributed by atoms with Crippen LogP contribution < -0.4 is 0 Å². The number of carbonyl (C=O) groups excluding carboxylic acids is 2. The Bertz CT molecular complexity index is 1050. The first-order valence-corrected chi connectivity index (χ1v) is 25.6. The van der Waals surface area contributed by atoms with Crippen LogP contribution in [0.15, 0.2) is 12.4 Å². The highest BCUT2D eigenvalue weighted by Crippen LogP contribution is 2.22. The monoisotopic (exact) mass is 848 g/mol. The molecule has 0 fully saturated rings. The van der Waals surface area contributed by atoms with Crippen LogP contribution in [0.1, 0.15) is 233 Å². The molecule has 60 heavy (non-hydrogen) atoms. The highest BCUT2D eigenvalue weighted by molar-refractivity contribution is 5.72. The van der Waals surface area contributed by atoms with Crippen molar-refractivity contribution in [2.24, 2.45) is 11.8 Å². The molecule has 352 valence electrons. The minimum atomic E-state index is -0.521. The van der Waals surface area contributed by atoms with E-state index in [9.17, 15) is 19.8 Å². The van der Waals surface area contributed by atoms with Crippen molar-refractivity contribution in [3.8, 4) is 0 Å². The molecule has 2 unspecified atom stereocenters.